The van der Waals surface area contributed by atoms with E-state index in [4.69, 9.17) is 14.2 Å². The molecule has 0 saturated carbocycles. The molecule has 1 aliphatic rings. The lowest BCUT2D eigenvalue weighted by Gasteiger charge is -2.24. The van der Waals surface area contributed by atoms with Crippen LogP contribution in [-0.4, -0.2) is 46.3 Å². The molecule has 142 valence electrons. The van der Waals surface area contributed by atoms with Crippen LogP contribution in [0.25, 0.3) is 6.08 Å². The van der Waals surface area contributed by atoms with Gasteiger partial charge in [0, 0.05) is 11.1 Å². The number of allylic oxidation sites excluding steroid dienone is 1. The minimum Gasteiger partial charge on any atom is -0.497 e. The highest BCUT2D eigenvalue weighted by atomic mass is 16.5. The van der Waals surface area contributed by atoms with E-state index in [9.17, 15) is 4.79 Å². The van der Waals surface area contributed by atoms with Crippen LogP contribution in [0.3, 0.4) is 0 Å². The lowest BCUT2D eigenvalue weighted by Crippen LogP contribution is -3.12. The number of ketones is 1. The molecule has 5 heteroatoms. The summed E-state index contributed by atoms with van der Waals surface area (Å²) in [4.78, 5) is 14.0. The molecule has 27 heavy (non-hydrogen) atoms. The molecule has 0 amide bonds. The predicted octanol–water partition coefficient (Wildman–Crippen LogP) is 2.01. The van der Waals surface area contributed by atoms with Crippen molar-refractivity contribution in [3.63, 3.8) is 0 Å². The van der Waals surface area contributed by atoms with E-state index in [-0.39, 0.29) is 5.78 Å². The Morgan fingerprint density at radius 1 is 1.07 bits per heavy atom. The number of ether oxygens (including phenoxy) is 3. The third-order valence-electron chi connectivity index (χ3n) is 4.75. The van der Waals surface area contributed by atoms with Crippen molar-refractivity contribution in [1.82, 2.24) is 0 Å². The standard InChI is InChI=1S/C22H25NO4/c1-25-20-7-3-17(4-8-20)5-9-21(24)18-6-10-22(26-2)19(15-18)16-23-11-13-27-14-12-23/h3-10,15H,11-14,16H2,1-2H3/p+1/b9-5+. The zero-order valence-corrected chi connectivity index (χ0v) is 15.9. The molecular weight excluding hydrogens is 342 g/mol. The number of methoxy groups -OCH3 is 2. The molecule has 1 saturated heterocycles. The number of hydrogen-bond donors (Lipinski definition) is 1. The first-order valence-corrected chi connectivity index (χ1v) is 9.14. The number of rotatable bonds is 7. The van der Waals surface area contributed by atoms with Crippen LogP contribution < -0.4 is 14.4 Å². The molecule has 0 spiro atoms. The van der Waals surface area contributed by atoms with Crippen LogP contribution in [0.15, 0.2) is 48.5 Å². The van der Waals surface area contributed by atoms with Gasteiger partial charge in [-0.2, -0.15) is 0 Å². The average molecular weight is 368 g/mol. The molecule has 0 aromatic heterocycles. The summed E-state index contributed by atoms with van der Waals surface area (Å²) in [5.41, 5.74) is 2.68. The number of carbonyl (C=O) groups is 1. The maximum atomic E-state index is 12.6. The summed E-state index contributed by atoms with van der Waals surface area (Å²) in [6.45, 7) is 4.33. The van der Waals surface area contributed by atoms with Crippen molar-refractivity contribution in [2.75, 3.05) is 40.5 Å². The minimum atomic E-state index is -0.0216. The Bertz CT molecular complexity index is 792. The van der Waals surface area contributed by atoms with Crippen molar-refractivity contribution in [2.24, 2.45) is 0 Å². The van der Waals surface area contributed by atoms with Crippen LogP contribution in [0, 0.1) is 0 Å². The van der Waals surface area contributed by atoms with Gasteiger partial charge in [0.15, 0.2) is 5.78 Å². The number of quaternary nitrogens is 1. The molecule has 1 N–H and O–H groups in total. The van der Waals surface area contributed by atoms with E-state index < -0.39 is 0 Å². The van der Waals surface area contributed by atoms with Crippen molar-refractivity contribution in [3.8, 4) is 11.5 Å². The second-order valence-electron chi connectivity index (χ2n) is 6.54. The van der Waals surface area contributed by atoms with E-state index in [2.05, 4.69) is 0 Å². The normalized spacial score (nSPS) is 15.0. The van der Waals surface area contributed by atoms with Crippen molar-refractivity contribution >= 4 is 11.9 Å². The Labute approximate surface area is 160 Å². The predicted molar refractivity (Wildman–Crippen MR) is 105 cm³/mol. The van der Waals surface area contributed by atoms with Crippen LogP contribution in [0.1, 0.15) is 21.5 Å². The van der Waals surface area contributed by atoms with Gasteiger partial charge in [0.2, 0.25) is 0 Å². The topological polar surface area (TPSA) is 49.2 Å². The van der Waals surface area contributed by atoms with Crippen molar-refractivity contribution < 1.29 is 23.9 Å². The summed E-state index contributed by atoms with van der Waals surface area (Å²) >= 11 is 0. The van der Waals surface area contributed by atoms with E-state index in [1.165, 1.54) is 4.90 Å². The highest BCUT2D eigenvalue weighted by Gasteiger charge is 2.17. The Morgan fingerprint density at radius 2 is 1.81 bits per heavy atom. The van der Waals surface area contributed by atoms with Gasteiger partial charge in [0.1, 0.15) is 31.1 Å². The SMILES string of the molecule is COc1ccc(/C=C/C(=O)c2ccc(OC)c(C[NH+]3CCOCC3)c2)cc1. The van der Waals surface area contributed by atoms with Crippen LogP contribution in [-0.2, 0) is 11.3 Å². The van der Waals surface area contributed by atoms with Gasteiger partial charge in [-0.3, -0.25) is 4.79 Å². The quantitative estimate of drug-likeness (QED) is 0.600. The van der Waals surface area contributed by atoms with Gasteiger partial charge in [0.25, 0.3) is 0 Å². The fourth-order valence-electron chi connectivity index (χ4n) is 3.16. The number of carbonyl (C=O) groups excluding carboxylic acids is 1. The lowest BCUT2D eigenvalue weighted by molar-refractivity contribution is -0.921. The maximum Gasteiger partial charge on any atom is 0.185 e. The van der Waals surface area contributed by atoms with Gasteiger partial charge in [-0.1, -0.05) is 18.2 Å². The van der Waals surface area contributed by atoms with Gasteiger partial charge in [-0.25, -0.2) is 0 Å². The number of morpholine rings is 1. The van der Waals surface area contributed by atoms with E-state index >= 15 is 0 Å². The van der Waals surface area contributed by atoms with Crippen molar-refractivity contribution in [3.05, 3.63) is 65.2 Å². The van der Waals surface area contributed by atoms with Gasteiger partial charge >= 0.3 is 0 Å². The molecule has 0 bridgehead atoms. The van der Waals surface area contributed by atoms with Gasteiger partial charge in [0.05, 0.1) is 27.4 Å². The maximum absolute atomic E-state index is 12.6. The smallest absolute Gasteiger partial charge is 0.185 e. The summed E-state index contributed by atoms with van der Waals surface area (Å²) in [6.07, 6.45) is 3.42. The fourth-order valence-corrected chi connectivity index (χ4v) is 3.16. The first-order valence-electron chi connectivity index (χ1n) is 9.14. The number of nitrogens with one attached hydrogen (secondary N) is 1. The molecule has 5 nitrogen and oxygen atoms in total. The summed E-state index contributed by atoms with van der Waals surface area (Å²) in [5.74, 6) is 1.60. The Morgan fingerprint density at radius 3 is 2.48 bits per heavy atom. The third-order valence-corrected chi connectivity index (χ3v) is 4.75. The molecule has 0 atom stereocenters. The average Bonchev–Trinajstić information content (AvgIpc) is 2.73. The van der Waals surface area contributed by atoms with Crippen molar-refractivity contribution in [2.45, 2.75) is 6.54 Å². The van der Waals surface area contributed by atoms with Gasteiger partial charge in [-0.15, -0.1) is 0 Å². The fraction of sp³-hybridized carbons (Fsp3) is 0.318. The number of benzene rings is 2. The third kappa shape index (κ3) is 5.18. The number of hydrogen-bond acceptors (Lipinski definition) is 4. The molecule has 0 unspecified atom stereocenters. The Balaban J connectivity index is 1.73. The van der Waals surface area contributed by atoms with E-state index in [0.29, 0.717) is 5.56 Å². The Kier molecular flexibility index (Phi) is 6.63. The zero-order valence-electron chi connectivity index (χ0n) is 15.9. The summed E-state index contributed by atoms with van der Waals surface area (Å²) in [5, 5.41) is 0. The molecule has 1 heterocycles. The van der Waals surface area contributed by atoms with Crippen LogP contribution in [0.4, 0.5) is 0 Å². The Hall–Kier alpha value is -2.63. The largest absolute Gasteiger partial charge is 0.497 e. The molecule has 0 aliphatic carbocycles. The second-order valence-corrected chi connectivity index (χ2v) is 6.54. The van der Waals surface area contributed by atoms with E-state index in [0.717, 1.165) is 55.5 Å². The summed E-state index contributed by atoms with van der Waals surface area (Å²) in [6, 6.07) is 13.2. The monoisotopic (exact) mass is 368 g/mol. The molecule has 1 aliphatic heterocycles. The highest BCUT2D eigenvalue weighted by molar-refractivity contribution is 6.07. The molecule has 2 aromatic carbocycles. The molecule has 1 fully saturated rings. The molecule has 2 aromatic rings. The van der Waals surface area contributed by atoms with Crippen molar-refractivity contribution in [1.29, 1.82) is 0 Å². The van der Waals surface area contributed by atoms with Gasteiger partial charge < -0.3 is 19.1 Å². The summed E-state index contributed by atoms with van der Waals surface area (Å²) < 4.78 is 16.1. The van der Waals surface area contributed by atoms with E-state index in [1.807, 2.05) is 48.5 Å². The minimum absolute atomic E-state index is 0.0216. The first-order chi connectivity index (χ1) is 13.2. The lowest BCUT2D eigenvalue weighted by atomic mass is 10.0. The molecule has 0 radical (unpaired) electrons. The highest BCUT2D eigenvalue weighted by Crippen LogP contribution is 2.20. The van der Waals surface area contributed by atoms with E-state index in [1.54, 1.807) is 20.3 Å². The van der Waals surface area contributed by atoms with Crippen LogP contribution >= 0.6 is 0 Å². The van der Waals surface area contributed by atoms with Crippen LogP contribution in [0.2, 0.25) is 0 Å². The van der Waals surface area contributed by atoms with Gasteiger partial charge in [-0.05, 0) is 42.0 Å². The zero-order chi connectivity index (χ0) is 19.1. The first kappa shape index (κ1) is 19.1. The van der Waals surface area contributed by atoms with Crippen LogP contribution in [0.5, 0.6) is 11.5 Å². The molecular formula is C22H26NO4+. The molecule has 3 rings (SSSR count). The summed E-state index contributed by atoms with van der Waals surface area (Å²) in [7, 11) is 3.30. The second kappa shape index (κ2) is 9.35.